The third-order valence-electron chi connectivity index (χ3n) is 2.56. The third kappa shape index (κ3) is 3.20. The molecule has 1 aromatic heterocycles. The number of anilines is 1. The van der Waals surface area contributed by atoms with E-state index in [4.69, 9.17) is 11.6 Å². The summed E-state index contributed by atoms with van der Waals surface area (Å²) < 4.78 is 1.29. The molecule has 0 aliphatic rings. The van der Waals surface area contributed by atoms with E-state index < -0.39 is 5.69 Å². The van der Waals surface area contributed by atoms with Crippen LogP contribution in [0.1, 0.15) is 6.92 Å². The molecular weight excluding hydrogens is 266 g/mol. The molecule has 1 amide bonds. The first-order valence-corrected chi connectivity index (χ1v) is 6.01. The Kier molecular flexibility index (Phi) is 3.97. The van der Waals surface area contributed by atoms with Gasteiger partial charge in [-0.2, -0.15) is 4.98 Å². The lowest BCUT2D eigenvalue weighted by atomic mass is 10.3. The summed E-state index contributed by atoms with van der Waals surface area (Å²) in [6.45, 7) is 1.52. The number of hydrogen-bond donors (Lipinski definition) is 0. The number of nitrogens with zero attached hydrogens (tertiary/aromatic N) is 3. The third-order valence-corrected chi connectivity index (χ3v) is 2.76. The van der Waals surface area contributed by atoms with Crippen molar-refractivity contribution in [1.82, 2.24) is 9.55 Å². The molecule has 0 radical (unpaired) electrons. The Morgan fingerprint density at radius 1 is 1.37 bits per heavy atom. The maximum Gasteiger partial charge on any atom is 0.349 e. The van der Waals surface area contributed by atoms with Crippen molar-refractivity contribution in [3.8, 4) is 0 Å². The summed E-state index contributed by atoms with van der Waals surface area (Å²) in [6, 6.07) is 9.10. The van der Waals surface area contributed by atoms with Gasteiger partial charge < -0.3 is 0 Å². The lowest BCUT2D eigenvalue weighted by molar-refractivity contribution is -0.116. The summed E-state index contributed by atoms with van der Waals surface area (Å²) in [5.41, 5.74) is 0.258. The van der Waals surface area contributed by atoms with Gasteiger partial charge in [0.2, 0.25) is 5.91 Å². The first-order valence-electron chi connectivity index (χ1n) is 5.63. The second kappa shape index (κ2) is 5.67. The van der Waals surface area contributed by atoms with Crippen molar-refractivity contribution in [2.45, 2.75) is 13.6 Å². The van der Waals surface area contributed by atoms with Crippen LogP contribution in [0.4, 0.5) is 5.69 Å². The van der Waals surface area contributed by atoms with Gasteiger partial charge in [-0.05, 0) is 12.1 Å². The van der Waals surface area contributed by atoms with Crippen LogP contribution < -0.4 is 10.6 Å². The average molecular weight is 278 g/mol. The molecule has 0 unspecified atom stereocenters. The number of rotatable bonds is 3. The normalized spacial score (nSPS) is 10.2. The molecule has 1 aromatic carbocycles. The van der Waals surface area contributed by atoms with Crippen molar-refractivity contribution in [3.05, 3.63) is 58.2 Å². The Hall–Kier alpha value is -2.14. The second-order valence-electron chi connectivity index (χ2n) is 3.95. The van der Waals surface area contributed by atoms with E-state index in [-0.39, 0.29) is 12.6 Å². The summed E-state index contributed by atoms with van der Waals surface area (Å²) in [7, 11) is 0. The number of halogens is 1. The van der Waals surface area contributed by atoms with Crippen molar-refractivity contribution >= 4 is 23.2 Å². The molecule has 1 heterocycles. The fourth-order valence-electron chi connectivity index (χ4n) is 1.65. The van der Waals surface area contributed by atoms with E-state index in [0.29, 0.717) is 10.7 Å². The number of para-hydroxylation sites is 1. The molecule has 2 rings (SSSR count). The van der Waals surface area contributed by atoms with E-state index in [1.165, 1.54) is 28.8 Å². The number of amides is 1. The standard InChI is InChI=1S/C13H12ClN3O2/c1-10(18)17(12-5-3-2-4-6-12)9-16-8-11(14)7-15-13(16)19/h2-8H,9H2,1H3. The van der Waals surface area contributed by atoms with Gasteiger partial charge in [0.25, 0.3) is 0 Å². The number of carbonyl (C=O) groups is 1. The second-order valence-corrected chi connectivity index (χ2v) is 4.39. The molecule has 0 spiro atoms. The minimum Gasteiger partial charge on any atom is -0.294 e. The zero-order valence-electron chi connectivity index (χ0n) is 10.3. The molecule has 0 atom stereocenters. The molecule has 0 saturated carbocycles. The van der Waals surface area contributed by atoms with Crippen LogP contribution >= 0.6 is 11.6 Å². The van der Waals surface area contributed by atoms with Crippen molar-refractivity contribution in [3.63, 3.8) is 0 Å². The van der Waals surface area contributed by atoms with Crippen molar-refractivity contribution < 1.29 is 4.79 Å². The largest absolute Gasteiger partial charge is 0.349 e. The number of carbonyl (C=O) groups excluding carboxylic acids is 1. The van der Waals surface area contributed by atoms with Gasteiger partial charge in [-0.25, -0.2) is 4.79 Å². The smallest absolute Gasteiger partial charge is 0.294 e. The summed E-state index contributed by atoms with van der Waals surface area (Å²) in [5.74, 6) is -0.168. The lowest BCUT2D eigenvalue weighted by Gasteiger charge is -2.21. The number of hydrogen-bond acceptors (Lipinski definition) is 3. The molecule has 5 nitrogen and oxygen atoms in total. The zero-order valence-corrected chi connectivity index (χ0v) is 11.0. The van der Waals surface area contributed by atoms with Crippen molar-refractivity contribution in [2.75, 3.05) is 4.90 Å². The molecule has 19 heavy (non-hydrogen) atoms. The molecule has 0 aliphatic heterocycles. The fourth-order valence-corrected chi connectivity index (χ4v) is 1.82. The minimum atomic E-state index is -0.452. The van der Waals surface area contributed by atoms with Crippen LogP contribution in [0.15, 0.2) is 47.5 Å². The zero-order chi connectivity index (χ0) is 13.8. The van der Waals surface area contributed by atoms with Gasteiger partial charge in [-0.3, -0.25) is 14.3 Å². The van der Waals surface area contributed by atoms with E-state index in [1.54, 1.807) is 12.1 Å². The Labute approximate surface area is 115 Å². The first-order chi connectivity index (χ1) is 9.08. The molecule has 0 N–H and O–H groups in total. The topological polar surface area (TPSA) is 55.2 Å². The minimum absolute atomic E-state index is 0.0751. The highest BCUT2D eigenvalue weighted by atomic mass is 35.5. The molecule has 98 valence electrons. The van der Waals surface area contributed by atoms with Gasteiger partial charge in [-0.1, -0.05) is 29.8 Å². The van der Waals surface area contributed by atoms with Gasteiger partial charge in [0.15, 0.2) is 0 Å². The van der Waals surface area contributed by atoms with Crippen LogP contribution in [-0.4, -0.2) is 15.5 Å². The maximum atomic E-state index is 11.7. The molecule has 0 aliphatic carbocycles. The summed E-state index contributed by atoms with van der Waals surface area (Å²) in [6.07, 6.45) is 2.73. The van der Waals surface area contributed by atoms with E-state index in [2.05, 4.69) is 4.98 Å². The number of aromatic nitrogens is 2. The van der Waals surface area contributed by atoms with Crippen molar-refractivity contribution in [1.29, 1.82) is 0 Å². The molecule has 6 heteroatoms. The van der Waals surface area contributed by atoms with E-state index >= 15 is 0 Å². The molecule has 2 aromatic rings. The molecular formula is C13H12ClN3O2. The SMILES string of the molecule is CC(=O)N(Cn1cc(Cl)cnc1=O)c1ccccc1. The van der Waals surface area contributed by atoms with Crippen LogP contribution in [0.2, 0.25) is 5.02 Å². The predicted molar refractivity (Wildman–Crippen MR) is 73.1 cm³/mol. The van der Waals surface area contributed by atoms with Gasteiger partial charge >= 0.3 is 5.69 Å². The van der Waals surface area contributed by atoms with Crippen LogP contribution in [0, 0.1) is 0 Å². The van der Waals surface area contributed by atoms with Gasteiger partial charge in [0, 0.05) is 18.8 Å². The Morgan fingerprint density at radius 3 is 2.68 bits per heavy atom. The van der Waals surface area contributed by atoms with E-state index in [0.717, 1.165) is 0 Å². The quantitative estimate of drug-likeness (QED) is 0.861. The molecule has 0 fully saturated rings. The predicted octanol–water partition coefficient (Wildman–Crippen LogP) is 1.91. The Morgan fingerprint density at radius 2 is 2.05 bits per heavy atom. The highest BCUT2D eigenvalue weighted by Gasteiger charge is 2.12. The average Bonchev–Trinajstić information content (AvgIpc) is 2.40. The van der Waals surface area contributed by atoms with Crippen LogP contribution in [0.5, 0.6) is 0 Å². The lowest BCUT2D eigenvalue weighted by Crippen LogP contribution is -2.36. The van der Waals surface area contributed by atoms with Crippen LogP contribution in [0.25, 0.3) is 0 Å². The maximum absolute atomic E-state index is 11.7. The summed E-state index contributed by atoms with van der Waals surface area (Å²) in [4.78, 5) is 28.4. The van der Waals surface area contributed by atoms with E-state index in [9.17, 15) is 9.59 Å². The molecule has 0 saturated heterocycles. The highest BCUT2D eigenvalue weighted by molar-refractivity contribution is 6.30. The monoisotopic (exact) mass is 277 g/mol. The van der Waals surface area contributed by atoms with E-state index in [1.807, 2.05) is 18.2 Å². The van der Waals surface area contributed by atoms with Crippen LogP contribution in [-0.2, 0) is 11.5 Å². The summed E-state index contributed by atoms with van der Waals surface area (Å²) >= 11 is 5.80. The first kappa shape index (κ1) is 13.3. The number of benzene rings is 1. The van der Waals surface area contributed by atoms with Gasteiger partial charge in [0.1, 0.15) is 6.67 Å². The fraction of sp³-hybridized carbons (Fsp3) is 0.154. The summed E-state index contributed by atoms with van der Waals surface area (Å²) in [5, 5.41) is 0.344. The van der Waals surface area contributed by atoms with Crippen molar-refractivity contribution in [2.24, 2.45) is 0 Å². The Bertz CT molecular complexity index is 640. The highest BCUT2D eigenvalue weighted by Crippen LogP contribution is 2.14. The van der Waals surface area contributed by atoms with Crippen LogP contribution in [0.3, 0.4) is 0 Å². The van der Waals surface area contributed by atoms with Gasteiger partial charge in [0.05, 0.1) is 11.2 Å². The van der Waals surface area contributed by atoms with Gasteiger partial charge in [-0.15, -0.1) is 0 Å². The molecule has 0 bridgehead atoms. The Balaban J connectivity index is 2.35.